The van der Waals surface area contributed by atoms with Crippen molar-refractivity contribution < 1.29 is 19.2 Å². The largest absolute Gasteiger partial charge is 0.488 e. The third-order valence-corrected chi connectivity index (χ3v) is 7.42. The molecule has 0 fully saturated rings. The second kappa shape index (κ2) is 12.0. The van der Waals surface area contributed by atoms with Gasteiger partial charge in [0.25, 0.3) is 0 Å². The normalized spacial score (nSPS) is 12.1. The fraction of sp³-hybridized carbons (Fsp3) is 0.321. The van der Waals surface area contributed by atoms with Crippen molar-refractivity contribution in [2.75, 3.05) is 13.1 Å². The summed E-state index contributed by atoms with van der Waals surface area (Å²) < 4.78 is 10.9. The fourth-order valence-electron chi connectivity index (χ4n) is 4.06. The van der Waals surface area contributed by atoms with Gasteiger partial charge in [-0.2, -0.15) is 0 Å². The molecule has 0 aliphatic rings. The van der Waals surface area contributed by atoms with Crippen molar-refractivity contribution in [2.45, 2.75) is 46.3 Å². The third-order valence-electron chi connectivity index (χ3n) is 6.24. The lowest BCUT2D eigenvalue weighted by molar-refractivity contribution is -0.137. The molecule has 2 heterocycles. The van der Waals surface area contributed by atoms with Gasteiger partial charge in [-0.3, -0.25) is 9.69 Å². The number of rotatable bonds is 12. The molecule has 2 aromatic heterocycles. The lowest BCUT2D eigenvalue weighted by Gasteiger charge is -2.17. The van der Waals surface area contributed by atoms with Crippen LogP contribution in [0, 0.1) is 6.92 Å². The quantitative estimate of drug-likeness (QED) is 0.248. The molecule has 36 heavy (non-hydrogen) atoms. The molecule has 0 radical (unpaired) electrons. The van der Waals surface area contributed by atoms with E-state index < -0.39 is 5.97 Å². The van der Waals surface area contributed by atoms with Crippen LogP contribution in [-0.4, -0.2) is 39.2 Å². The Labute approximate surface area is 215 Å². The van der Waals surface area contributed by atoms with Crippen molar-refractivity contribution in [1.82, 2.24) is 15.0 Å². The zero-order chi connectivity index (χ0) is 25.5. The fourth-order valence-corrected chi connectivity index (χ4v) is 5.04. The van der Waals surface area contributed by atoms with E-state index in [1.165, 1.54) is 11.8 Å². The van der Waals surface area contributed by atoms with Crippen LogP contribution in [0.4, 0.5) is 0 Å². The maximum atomic E-state index is 11.3. The molecule has 0 saturated heterocycles. The number of benzene rings is 2. The predicted octanol–water partition coefficient (Wildman–Crippen LogP) is 6.13. The van der Waals surface area contributed by atoms with Crippen molar-refractivity contribution in [3.63, 3.8) is 0 Å². The van der Waals surface area contributed by atoms with Crippen LogP contribution in [0.25, 0.3) is 10.6 Å². The first-order valence-corrected chi connectivity index (χ1v) is 12.9. The summed E-state index contributed by atoms with van der Waals surface area (Å²) in [7, 11) is 0. The van der Waals surface area contributed by atoms with Gasteiger partial charge in [0.2, 0.25) is 0 Å². The van der Waals surface area contributed by atoms with Crippen LogP contribution >= 0.6 is 11.3 Å². The average Bonchev–Trinajstić information content (AvgIpc) is 3.55. The molecule has 4 aromatic rings. The van der Waals surface area contributed by atoms with Crippen LogP contribution in [0.15, 0.2) is 65.4 Å². The maximum absolute atomic E-state index is 11.3. The van der Waals surface area contributed by atoms with Crippen LogP contribution in [-0.2, 0) is 17.9 Å². The van der Waals surface area contributed by atoms with Crippen LogP contribution in [0.1, 0.15) is 53.6 Å². The molecule has 2 aromatic carbocycles. The molecule has 0 spiro atoms. The summed E-state index contributed by atoms with van der Waals surface area (Å²) in [4.78, 5) is 19.6. The van der Waals surface area contributed by atoms with E-state index >= 15 is 0 Å². The van der Waals surface area contributed by atoms with E-state index in [2.05, 4.69) is 48.2 Å². The number of aryl methyl sites for hydroxylation is 1. The Kier molecular flexibility index (Phi) is 8.51. The van der Waals surface area contributed by atoms with Crippen LogP contribution in [0.5, 0.6) is 5.75 Å². The molecule has 4 rings (SSSR count). The monoisotopic (exact) mass is 505 g/mol. The zero-order valence-corrected chi connectivity index (χ0v) is 21.6. The van der Waals surface area contributed by atoms with Crippen molar-refractivity contribution in [3.8, 4) is 16.3 Å². The number of carboxylic acid groups (broad SMARTS) is 1. The second-order valence-corrected chi connectivity index (χ2v) is 9.70. The van der Waals surface area contributed by atoms with E-state index in [-0.39, 0.29) is 12.3 Å². The topological polar surface area (TPSA) is 88.7 Å². The zero-order valence-electron chi connectivity index (χ0n) is 20.8. The third kappa shape index (κ3) is 6.38. The molecule has 1 N–H and O–H groups in total. The van der Waals surface area contributed by atoms with Gasteiger partial charge in [0.15, 0.2) is 0 Å². The smallest absolute Gasteiger partial charge is 0.304 e. The maximum Gasteiger partial charge on any atom is 0.304 e. The number of aromatic nitrogens is 2. The van der Waals surface area contributed by atoms with Gasteiger partial charge in [0, 0.05) is 24.1 Å². The number of hydrogen-bond acceptors (Lipinski definition) is 7. The summed E-state index contributed by atoms with van der Waals surface area (Å²) in [6.45, 7) is 9.83. The van der Waals surface area contributed by atoms with E-state index in [0.717, 1.165) is 46.3 Å². The van der Waals surface area contributed by atoms with Gasteiger partial charge in [0.05, 0.1) is 22.7 Å². The molecule has 1 atom stereocenters. The molecule has 0 saturated carbocycles. The Morgan fingerprint density at radius 1 is 1.08 bits per heavy atom. The highest BCUT2D eigenvalue weighted by Crippen LogP contribution is 2.31. The van der Waals surface area contributed by atoms with E-state index in [9.17, 15) is 9.90 Å². The van der Waals surface area contributed by atoms with Crippen LogP contribution in [0.2, 0.25) is 0 Å². The van der Waals surface area contributed by atoms with Gasteiger partial charge in [-0.15, -0.1) is 11.3 Å². The standard InChI is InChI=1S/C28H31N3O4S/c1-4-31(5-2)17-20-6-8-22(9-7-20)28-29-19(3)26(36-28)18-34-23-12-10-21(11-13-23)24(16-27(32)33)25-14-15-35-30-25/h6-15,24H,4-5,16-18H2,1-3H3,(H,32,33)/t24-/m0/s1. The summed E-state index contributed by atoms with van der Waals surface area (Å²) in [6.07, 6.45) is 1.39. The molecule has 0 bridgehead atoms. The van der Waals surface area contributed by atoms with Gasteiger partial charge in [-0.1, -0.05) is 55.4 Å². The first kappa shape index (κ1) is 25.6. The van der Waals surface area contributed by atoms with Gasteiger partial charge < -0.3 is 14.4 Å². The minimum Gasteiger partial charge on any atom is -0.488 e. The van der Waals surface area contributed by atoms with Crippen molar-refractivity contribution in [1.29, 1.82) is 0 Å². The summed E-state index contributed by atoms with van der Waals surface area (Å²) in [5.74, 6) is -0.554. The summed E-state index contributed by atoms with van der Waals surface area (Å²) >= 11 is 1.64. The molecule has 0 aliphatic heterocycles. The number of carboxylic acids is 1. The predicted molar refractivity (Wildman–Crippen MR) is 140 cm³/mol. The first-order chi connectivity index (χ1) is 17.5. The average molecular weight is 506 g/mol. The van der Waals surface area contributed by atoms with E-state index in [1.807, 2.05) is 31.2 Å². The Morgan fingerprint density at radius 2 is 1.81 bits per heavy atom. The Hall–Kier alpha value is -3.49. The highest BCUT2D eigenvalue weighted by Gasteiger charge is 2.20. The number of nitrogens with zero attached hydrogens (tertiary/aromatic N) is 3. The minimum atomic E-state index is -0.890. The SMILES string of the molecule is CCN(CC)Cc1ccc(-c2nc(C)c(COc3ccc([C@H](CC(=O)O)c4ccon4)cc3)s2)cc1. The number of ether oxygens (including phenoxy) is 1. The van der Waals surface area contributed by atoms with Crippen molar-refractivity contribution in [3.05, 3.63) is 88.3 Å². The Bertz CT molecular complexity index is 1250. The number of carbonyl (C=O) groups is 1. The Balaban J connectivity index is 1.40. The van der Waals surface area contributed by atoms with Crippen molar-refractivity contribution in [2.24, 2.45) is 0 Å². The number of aliphatic carboxylic acids is 1. The number of hydrogen-bond donors (Lipinski definition) is 1. The lowest BCUT2D eigenvalue weighted by Crippen LogP contribution is -2.21. The summed E-state index contributed by atoms with van der Waals surface area (Å²) in [6, 6.07) is 17.8. The first-order valence-electron chi connectivity index (χ1n) is 12.1. The highest BCUT2D eigenvalue weighted by molar-refractivity contribution is 7.15. The Morgan fingerprint density at radius 3 is 2.42 bits per heavy atom. The van der Waals surface area contributed by atoms with Gasteiger partial charge in [-0.25, -0.2) is 4.98 Å². The second-order valence-electron chi connectivity index (χ2n) is 8.62. The van der Waals surface area contributed by atoms with E-state index in [4.69, 9.17) is 14.2 Å². The number of thiazole rings is 1. The molecule has 0 amide bonds. The van der Waals surface area contributed by atoms with E-state index in [1.54, 1.807) is 17.4 Å². The van der Waals surface area contributed by atoms with Crippen molar-refractivity contribution >= 4 is 17.3 Å². The van der Waals surface area contributed by atoms with Crippen LogP contribution in [0.3, 0.4) is 0 Å². The summed E-state index contributed by atoms with van der Waals surface area (Å²) in [5.41, 5.74) is 4.82. The van der Waals surface area contributed by atoms with Gasteiger partial charge in [0.1, 0.15) is 23.6 Å². The van der Waals surface area contributed by atoms with Crippen LogP contribution < -0.4 is 4.74 Å². The molecular formula is C28H31N3O4S. The minimum absolute atomic E-state index is 0.0635. The molecule has 7 nitrogen and oxygen atoms in total. The lowest BCUT2D eigenvalue weighted by atomic mass is 9.92. The summed E-state index contributed by atoms with van der Waals surface area (Å²) in [5, 5.41) is 14.2. The molecular weight excluding hydrogens is 474 g/mol. The highest BCUT2D eigenvalue weighted by atomic mass is 32.1. The molecule has 0 unspecified atom stereocenters. The molecule has 0 aliphatic carbocycles. The molecule has 8 heteroatoms. The van der Waals surface area contributed by atoms with Gasteiger partial charge >= 0.3 is 5.97 Å². The van der Waals surface area contributed by atoms with Gasteiger partial charge in [-0.05, 0) is 43.3 Å². The van der Waals surface area contributed by atoms with E-state index in [0.29, 0.717) is 18.1 Å². The molecule has 188 valence electrons.